The Bertz CT molecular complexity index is 689. The molecule has 5 nitrogen and oxygen atoms in total. The van der Waals surface area contributed by atoms with Crippen molar-refractivity contribution >= 4 is 11.9 Å². The van der Waals surface area contributed by atoms with Gasteiger partial charge in [0.25, 0.3) is 0 Å². The van der Waals surface area contributed by atoms with Crippen molar-refractivity contribution in [1.29, 1.82) is 0 Å². The van der Waals surface area contributed by atoms with Crippen LogP contribution < -0.4 is 4.89 Å². The van der Waals surface area contributed by atoms with Gasteiger partial charge >= 0.3 is 11.9 Å². The molecule has 0 fully saturated rings. The normalized spacial score (nSPS) is 18.8. The first-order valence-electron chi connectivity index (χ1n) is 8.54. The predicted octanol–water partition coefficient (Wildman–Crippen LogP) is 3.85. The Kier molecular flexibility index (Phi) is 6.04. The molecule has 2 aromatic rings. The lowest BCUT2D eigenvalue weighted by Crippen LogP contribution is -2.25. The second-order valence-corrected chi connectivity index (χ2v) is 6.07. The molecule has 3 rings (SSSR count). The molecular formula is C21H20O5. The van der Waals surface area contributed by atoms with Crippen LogP contribution in [0.5, 0.6) is 5.75 Å². The standard InChI is InChI=1S/C21H20O5/c22-20(24-15-16-7-3-1-4-8-16)17-11-13-18(14-12-17)21(23)26-25-19-9-5-2-6-10-19/h1-11,13,17-18H,12,14-15H2. The van der Waals surface area contributed by atoms with E-state index in [9.17, 15) is 9.59 Å². The fourth-order valence-electron chi connectivity index (χ4n) is 2.68. The zero-order chi connectivity index (χ0) is 18.2. The molecule has 0 N–H and O–H groups in total. The second-order valence-electron chi connectivity index (χ2n) is 6.07. The maximum atomic E-state index is 12.1. The van der Waals surface area contributed by atoms with Crippen molar-refractivity contribution in [2.24, 2.45) is 11.8 Å². The van der Waals surface area contributed by atoms with Crippen molar-refractivity contribution in [2.45, 2.75) is 19.4 Å². The molecule has 5 heteroatoms. The van der Waals surface area contributed by atoms with Gasteiger partial charge in [0.05, 0.1) is 11.8 Å². The Morgan fingerprint density at radius 2 is 1.38 bits per heavy atom. The van der Waals surface area contributed by atoms with Gasteiger partial charge in [0, 0.05) is 0 Å². The summed E-state index contributed by atoms with van der Waals surface area (Å²) in [6.07, 6.45) is 4.45. The number of esters is 1. The highest BCUT2D eigenvalue weighted by Gasteiger charge is 2.28. The van der Waals surface area contributed by atoms with E-state index in [2.05, 4.69) is 0 Å². The van der Waals surface area contributed by atoms with Crippen LogP contribution in [-0.2, 0) is 25.8 Å². The van der Waals surface area contributed by atoms with E-state index in [0.717, 1.165) is 5.56 Å². The lowest BCUT2D eigenvalue weighted by molar-refractivity contribution is -0.217. The van der Waals surface area contributed by atoms with Crippen molar-refractivity contribution in [1.82, 2.24) is 0 Å². The first kappa shape index (κ1) is 17.7. The topological polar surface area (TPSA) is 61.8 Å². The van der Waals surface area contributed by atoms with Gasteiger partial charge in [-0.05, 0) is 30.5 Å². The summed E-state index contributed by atoms with van der Waals surface area (Å²) in [6, 6.07) is 18.3. The molecule has 0 saturated heterocycles. The Morgan fingerprint density at radius 1 is 0.808 bits per heavy atom. The van der Waals surface area contributed by atoms with Crippen LogP contribution in [0.3, 0.4) is 0 Å². The van der Waals surface area contributed by atoms with Gasteiger partial charge < -0.3 is 4.74 Å². The number of hydrogen-bond donors (Lipinski definition) is 0. The molecule has 1 aliphatic carbocycles. The van der Waals surface area contributed by atoms with E-state index in [1.54, 1.807) is 36.4 Å². The van der Waals surface area contributed by atoms with Gasteiger partial charge in [-0.25, -0.2) is 9.68 Å². The SMILES string of the molecule is O=C(OCc1ccccc1)C1C=CC(C(=O)OOc2ccccc2)CC1. The molecule has 2 atom stereocenters. The van der Waals surface area contributed by atoms with Crippen LogP contribution in [0.25, 0.3) is 0 Å². The fraction of sp³-hybridized carbons (Fsp3) is 0.238. The molecule has 0 aliphatic heterocycles. The summed E-state index contributed by atoms with van der Waals surface area (Å²) in [6.45, 7) is 0.250. The number of rotatable bonds is 6. The summed E-state index contributed by atoms with van der Waals surface area (Å²) in [7, 11) is 0. The first-order valence-corrected chi connectivity index (χ1v) is 8.54. The number of hydrogen-bond acceptors (Lipinski definition) is 5. The van der Waals surface area contributed by atoms with Crippen molar-refractivity contribution in [3.8, 4) is 5.75 Å². The van der Waals surface area contributed by atoms with Gasteiger partial charge in [0.2, 0.25) is 0 Å². The van der Waals surface area contributed by atoms with E-state index in [1.807, 2.05) is 36.4 Å². The third-order valence-electron chi connectivity index (χ3n) is 4.16. The Morgan fingerprint density at radius 3 is 2.00 bits per heavy atom. The third kappa shape index (κ3) is 4.96. The largest absolute Gasteiger partial charge is 0.460 e. The fourth-order valence-corrected chi connectivity index (χ4v) is 2.68. The van der Waals surface area contributed by atoms with E-state index in [-0.39, 0.29) is 18.5 Å². The van der Waals surface area contributed by atoms with Gasteiger partial charge in [-0.2, -0.15) is 0 Å². The van der Waals surface area contributed by atoms with Crippen molar-refractivity contribution in [2.75, 3.05) is 0 Å². The highest BCUT2D eigenvalue weighted by atomic mass is 17.2. The van der Waals surface area contributed by atoms with Gasteiger partial charge in [0.15, 0.2) is 5.75 Å². The van der Waals surface area contributed by atoms with E-state index in [4.69, 9.17) is 14.5 Å². The maximum absolute atomic E-state index is 12.1. The zero-order valence-corrected chi connectivity index (χ0v) is 14.2. The summed E-state index contributed by atoms with van der Waals surface area (Å²) in [5.74, 6) is -1.05. The van der Waals surface area contributed by atoms with Crippen molar-refractivity contribution < 1.29 is 24.1 Å². The molecule has 0 heterocycles. The lowest BCUT2D eigenvalue weighted by Gasteiger charge is -2.20. The highest BCUT2D eigenvalue weighted by Crippen LogP contribution is 2.25. The van der Waals surface area contributed by atoms with Gasteiger partial charge in [0.1, 0.15) is 6.61 Å². The molecule has 0 radical (unpaired) electrons. The third-order valence-corrected chi connectivity index (χ3v) is 4.16. The average Bonchev–Trinajstić information content (AvgIpc) is 2.72. The van der Waals surface area contributed by atoms with E-state index in [1.165, 1.54) is 0 Å². The quantitative estimate of drug-likeness (QED) is 0.342. The molecule has 0 spiro atoms. The summed E-state index contributed by atoms with van der Waals surface area (Å²) in [5, 5.41) is 0. The van der Waals surface area contributed by atoms with Gasteiger partial charge in [-0.1, -0.05) is 60.7 Å². The van der Waals surface area contributed by atoms with E-state index < -0.39 is 11.9 Å². The molecule has 1 aliphatic rings. The van der Waals surface area contributed by atoms with Gasteiger partial charge in [-0.15, -0.1) is 0 Å². The summed E-state index contributed by atoms with van der Waals surface area (Å²) >= 11 is 0. The zero-order valence-electron chi connectivity index (χ0n) is 14.2. The average molecular weight is 352 g/mol. The number of ether oxygens (including phenoxy) is 1. The van der Waals surface area contributed by atoms with E-state index in [0.29, 0.717) is 18.6 Å². The van der Waals surface area contributed by atoms with Crippen LogP contribution in [0.15, 0.2) is 72.8 Å². The minimum absolute atomic E-state index is 0.250. The van der Waals surface area contributed by atoms with Crippen LogP contribution in [0, 0.1) is 11.8 Å². The summed E-state index contributed by atoms with van der Waals surface area (Å²) < 4.78 is 5.34. The van der Waals surface area contributed by atoms with Crippen molar-refractivity contribution in [3.63, 3.8) is 0 Å². The first-order chi connectivity index (χ1) is 12.7. The van der Waals surface area contributed by atoms with E-state index >= 15 is 0 Å². The van der Waals surface area contributed by atoms with Crippen LogP contribution in [0.2, 0.25) is 0 Å². The Labute approximate surface area is 152 Å². The number of carbonyl (C=O) groups is 2. The van der Waals surface area contributed by atoms with Crippen LogP contribution in [-0.4, -0.2) is 11.9 Å². The Balaban J connectivity index is 1.45. The minimum atomic E-state index is -0.471. The molecular weight excluding hydrogens is 332 g/mol. The maximum Gasteiger partial charge on any atom is 0.362 e. The molecule has 26 heavy (non-hydrogen) atoms. The predicted molar refractivity (Wildman–Crippen MR) is 94.8 cm³/mol. The molecule has 0 saturated carbocycles. The monoisotopic (exact) mass is 352 g/mol. The lowest BCUT2D eigenvalue weighted by atomic mass is 9.89. The van der Waals surface area contributed by atoms with Crippen LogP contribution in [0.1, 0.15) is 18.4 Å². The number of para-hydroxylation sites is 1. The summed E-state index contributed by atoms with van der Waals surface area (Å²) in [5.41, 5.74) is 0.945. The molecule has 0 aromatic heterocycles. The molecule has 134 valence electrons. The highest BCUT2D eigenvalue weighted by molar-refractivity contribution is 5.77. The summed E-state index contributed by atoms with van der Waals surface area (Å²) in [4.78, 5) is 34.1. The number of benzene rings is 2. The van der Waals surface area contributed by atoms with Crippen LogP contribution in [0.4, 0.5) is 0 Å². The molecule has 2 unspecified atom stereocenters. The van der Waals surface area contributed by atoms with Gasteiger partial charge in [-0.3, -0.25) is 9.68 Å². The molecule has 0 bridgehead atoms. The minimum Gasteiger partial charge on any atom is -0.460 e. The second kappa shape index (κ2) is 8.85. The molecule has 2 aromatic carbocycles. The smallest absolute Gasteiger partial charge is 0.362 e. The molecule has 0 amide bonds. The van der Waals surface area contributed by atoms with Crippen molar-refractivity contribution in [3.05, 3.63) is 78.4 Å². The number of carbonyl (C=O) groups excluding carboxylic acids is 2. The van der Waals surface area contributed by atoms with Crippen LogP contribution >= 0.6 is 0 Å². The Hall–Kier alpha value is -3.08.